The molecule has 0 aliphatic heterocycles. The summed E-state index contributed by atoms with van der Waals surface area (Å²) in [6.45, 7) is 0.681. The molecule has 0 fully saturated rings. The maximum atomic E-state index is 12.6. The van der Waals surface area contributed by atoms with E-state index in [4.69, 9.17) is 18.9 Å². The molecule has 0 radical (unpaired) electrons. The molecule has 3 aromatic rings. The molecule has 1 N–H and O–H groups in total. The SMILES string of the molecule is COCCn1ccc2c(OCC(=O)Nc3ccc(OC)cc3OC)cccc2c1=O. The average Bonchev–Trinajstić information content (AvgIpc) is 2.77. The van der Waals surface area contributed by atoms with Gasteiger partial charge < -0.3 is 28.8 Å². The van der Waals surface area contributed by atoms with E-state index in [0.29, 0.717) is 46.9 Å². The van der Waals surface area contributed by atoms with Crippen LogP contribution in [0.3, 0.4) is 0 Å². The van der Waals surface area contributed by atoms with Crippen molar-refractivity contribution in [1.29, 1.82) is 0 Å². The Morgan fingerprint density at radius 2 is 1.83 bits per heavy atom. The number of nitrogens with one attached hydrogen (secondary N) is 1. The predicted molar refractivity (Wildman–Crippen MR) is 114 cm³/mol. The number of anilines is 1. The summed E-state index contributed by atoms with van der Waals surface area (Å²) in [5.74, 6) is 1.20. The number of aromatic nitrogens is 1. The number of carbonyl (C=O) groups excluding carboxylic acids is 1. The minimum atomic E-state index is -0.357. The van der Waals surface area contributed by atoms with Crippen LogP contribution in [0.15, 0.2) is 53.5 Å². The minimum absolute atomic E-state index is 0.137. The van der Waals surface area contributed by atoms with Crippen molar-refractivity contribution in [2.24, 2.45) is 0 Å². The summed E-state index contributed by atoms with van der Waals surface area (Å²) in [7, 11) is 4.65. The van der Waals surface area contributed by atoms with E-state index in [1.54, 1.807) is 67.4 Å². The van der Waals surface area contributed by atoms with Gasteiger partial charge in [0.2, 0.25) is 0 Å². The van der Waals surface area contributed by atoms with Crippen molar-refractivity contribution in [2.45, 2.75) is 6.54 Å². The molecule has 158 valence electrons. The number of hydrogen-bond donors (Lipinski definition) is 1. The van der Waals surface area contributed by atoms with Crippen molar-refractivity contribution in [1.82, 2.24) is 4.57 Å². The first-order chi connectivity index (χ1) is 14.6. The van der Waals surface area contributed by atoms with E-state index in [0.717, 1.165) is 0 Å². The molecule has 30 heavy (non-hydrogen) atoms. The normalized spacial score (nSPS) is 10.6. The molecule has 0 aliphatic carbocycles. The monoisotopic (exact) mass is 412 g/mol. The smallest absolute Gasteiger partial charge is 0.262 e. The van der Waals surface area contributed by atoms with Crippen molar-refractivity contribution in [2.75, 3.05) is 39.9 Å². The lowest BCUT2D eigenvalue weighted by Crippen LogP contribution is -2.22. The molecular weight excluding hydrogens is 388 g/mol. The quantitative estimate of drug-likeness (QED) is 0.581. The highest BCUT2D eigenvalue weighted by Crippen LogP contribution is 2.29. The standard InChI is InChI=1S/C22H24N2O6/c1-27-12-11-24-10-9-16-17(22(24)26)5-4-6-19(16)30-14-21(25)23-18-8-7-15(28-2)13-20(18)29-3/h4-10,13H,11-12,14H2,1-3H3,(H,23,25). The first-order valence-corrected chi connectivity index (χ1v) is 9.33. The van der Waals surface area contributed by atoms with Crippen LogP contribution >= 0.6 is 0 Å². The fourth-order valence-corrected chi connectivity index (χ4v) is 3.01. The van der Waals surface area contributed by atoms with Crippen molar-refractivity contribution < 1.29 is 23.7 Å². The maximum Gasteiger partial charge on any atom is 0.262 e. The largest absolute Gasteiger partial charge is 0.497 e. The minimum Gasteiger partial charge on any atom is -0.497 e. The lowest BCUT2D eigenvalue weighted by Gasteiger charge is -2.13. The zero-order chi connectivity index (χ0) is 21.5. The van der Waals surface area contributed by atoms with Crippen molar-refractivity contribution >= 4 is 22.4 Å². The number of methoxy groups -OCH3 is 3. The van der Waals surface area contributed by atoms with Gasteiger partial charge in [-0.2, -0.15) is 0 Å². The van der Waals surface area contributed by atoms with Crippen LogP contribution in [0, 0.1) is 0 Å². The Balaban J connectivity index is 1.73. The summed E-state index contributed by atoms with van der Waals surface area (Å²) in [4.78, 5) is 25.0. The lowest BCUT2D eigenvalue weighted by molar-refractivity contribution is -0.118. The molecule has 2 aromatic carbocycles. The molecule has 8 nitrogen and oxygen atoms in total. The third-order valence-corrected chi connectivity index (χ3v) is 4.56. The Hall–Kier alpha value is -3.52. The fraction of sp³-hybridized carbons (Fsp3) is 0.273. The number of hydrogen-bond acceptors (Lipinski definition) is 6. The third-order valence-electron chi connectivity index (χ3n) is 4.56. The van der Waals surface area contributed by atoms with E-state index in [1.165, 1.54) is 7.11 Å². The molecule has 0 unspecified atom stereocenters. The summed E-state index contributed by atoms with van der Waals surface area (Å²) in [6.07, 6.45) is 1.69. The average molecular weight is 412 g/mol. The zero-order valence-corrected chi connectivity index (χ0v) is 17.1. The van der Waals surface area contributed by atoms with E-state index in [2.05, 4.69) is 5.32 Å². The van der Waals surface area contributed by atoms with Gasteiger partial charge in [0.15, 0.2) is 6.61 Å². The summed E-state index contributed by atoms with van der Waals surface area (Å²) < 4.78 is 22.7. The Bertz CT molecular complexity index is 1090. The second-order valence-corrected chi connectivity index (χ2v) is 6.43. The third kappa shape index (κ3) is 4.72. The van der Waals surface area contributed by atoms with Gasteiger partial charge in [-0.1, -0.05) is 6.07 Å². The highest BCUT2D eigenvalue weighted by molar-refractivity contribution is 5.94. The van der Waals surface area contributed by atoms with Crippen LogP contribution in [0.4, 0.5) is 5.69 Å². The molecule has 0 aliphatic rings. The van der Waals surface area contributed by atoms with Crippen molar-refractivity contribution in [3.63, 3.8) is 0 Å². The first kappa shape index (κ1) is 21.2. The molecule has 0 spiro atoms. The number of pyridine rings is 1. The Morgan fingerprint density at radius 1 is 1.00 bits per heavy atom. The first-order valence-electron chi connectivity index (χ1n) is 9.33. The maximum absolute atomic E-state index is 12.6. The number of nitrogens with zero attached hydrogens (tertiary/aromatic N) is 1. The van der Waals surface area contributed by atoms with Crippen molar-refractivity contribution in [3.05, 3.63) is 59.0 Å². The second-order valence-electron chi connectivity index (χ2n) is 6.43. The summed E-state index contributed by atoms with van der Waals surface area (Å²) in [6, 6.07) is 12.1. The Labute approximate surface area is 173 Å². The number of ether oxygens (including phenoxy) is 4. The molecule has 1 amide bonds. The van der Waals surface area contributed by atoms with Gasteiger partial charge in [0, 0.05) is 31.3 Å². The van der Waals surface area contributed by atoms with Gasteiger partial charge in [-0.25, -0.2) is 0 Å². The van der Waals surface area contributed by atoms with Crippen LogP contribution in [0.5, 0.6) is 17.2 Å². The highest BCUT2D eigenvalue weighted by atomic mass is 16.5. The summed E-state index contributed by atoms with van der Waals surface area (Å²) >= 11 is 0. The van der Waals surface area contributed by atoms with Crippen LogP contribution in [-0.2, 0) is 16.1 Å². The van der Waals surface area contributed by atoms with Crippen molar-refractivity contribution in [3.8, 4) is 17.2 Å². The topological polar surface area (TPSA) is 88.0 Å². The van der Waals surface area contributed by atoms with E-state index < -0.39 is 0 Å². The molecule has 0 saturated carbocycles. The predicted octanol–water partition coefficient (Wildman–Crippen LogP) is 2.68. The Kier molecular flexibility index (Phi) is 6.92. The number of rotatable bonds is 9. The molecule has 0 bridgehead atoms. The van der Waals surface area contributed by atoms with Crippen LogP contribution in [0.1, 0.15) is 0 Å². The number of benzene rings is 2. The van der Waals surface area contributed by atoms with Gasteiger partial charge in [0.25, 0.3) is 11.5 Å². The zero-order valence-electron chi connectivity index (χ0n) is 17.1. The molecule has 0 atom stereocenters. The van der Waals surface area contributed by atoms with Gasteiger partial charge in [0.05, 0.1) is 31.9 Å². The number of fused-ring (bicyclic) bond motifs is 1. The highest BCUT2D eigenvalue weighted by Gasteiger charge is 2.12. The van der Waals surface area contributed by atoms with Gasteiger partial charge in [-0.3, -0.25) is 9.59 Å². The Morgan fingerprint density at radius 3 is 2.57 bits per heavy atom. The van der Waals surface area contributed by atoms with E-state index >= 15 is 0 Å². The second kappa shape index (κ2) is 9.80. The van der Waals surface area contributed by atoms with Gasteiger partial charge in [0.1, 0.15) is 17.2 Å². The molecule has 1 heterocycles. The van der Waals surface area contributed by atoms with E-state index in [1.807, 2.05) is 0 Å². The molecule has 3 rings (SSSR count). The van der Waals surface area contributed by atoms with Crippen LogP contribution < -0.4 is 25.1 Å². The molecule has 1 aromatic heterocycles. The van der Waals surface area contributed by atoms with Gasteiger partial charge >= 0.3 is 0 Å². The fourth-order valence-electron chi connectivity index (χ4n) is 3.01. The van der Waals surface area contributed by atoms with E-state index in [9.17, 15) is 9.59 Å². The summed E-state index contributed by atoms with van der Waals surface area (Å²) in [5.41, 5.74) is 0.369. The lowest BCUT2D eigenvalue weighted by atomic mass is 10.1. The molecular formula is C22H24N2O6. The molecule has 0 saturated heterocycles. The number of carbonyl (C=O) groups is 1. The van der Waals surface area contributed by atoms with Gasteiger partial charge in [-0.15, -0.1) is 0 Å². The molecule has 8 heteroatoms. The summed E-state index contributed by atoms with van der Waals surface area (Å²) in [5, 5.41) is 3.91. The number of amides is 1. The van der Waals surface area contributed by atoms with Gasteiger partial charge in [-0.05, 0) is 30.3 Å². The van der Waals surface area contributed by atoms with Crippen LogP contribution in [0.2, 0.25) is 0 Å². The van der Waals surface area contributed by atoms with E-state index in [-0.39, 0.29) is 18.1 Å². The van der Waals surface area contributed by atoms with Crippen LogP contribution in [0.25, 0.3) is 10.8 Å². The van der Waals surface area contributed by atoms with Crippen LogP contribution in [-0.4, -0.2) is 45.0 Å².